The summed E-state index contributed by atoms with van der Waals surface area (Å²) in [6.45, 7) is 3.91. The van der Waals surface area contributed by atoms with Crippen molar-refractivity contribution in [3.63, 3.8) is 0 Å². The van der Waals surface area contributed by atoms with Gasteiger partial charge in [0.25, 0.3) is 11.5 Å². The molecule has 1 aliphatic rings. The summed E-state index contributed by atoms with van der Waals surface area (Å²) < 4.78 is 3.62. The van der Waals surface area contributed by atoms with Gasteiger partial charge in [-0.25, -0.2) is 4.68 Å². The van der Waals surface area contributed by atoms with Gasteiger partial charge in [-0.3, -0.25) is 24.0 Å². The van der Waals surface area contributed by atoms with Gasteiger partial charge in [-0.15, -0.1) is 0 Å². The van der Waals surface area contributed by atoms with E-state index < -0.39 is 0 Å². The summed E-state index contributed by atoms with van der Waals surface area (Å²) in [6.07, 6.45) is 1.82. The van der Waals surface area contributed by atoms with Crippen molar-refractivity contribution in [3.8, 4) is 5.69 Å². The molecule has 0 radical (unpaired) electrons. The van der Waals surface area contributed by atoms with Crippen LogP contribution in [0.15, 0.2) is 64.3 Å². The smallest absolute Gasteiger partial charge is 0.295 e. The third-order valence-corrected chi connectivity index (χ3v) is 7.01. The molecule has 0 saturated carbocycles. The average Bonchev–Trinajstić information content (AvgIpc) is 3.20. The van der Waals surface area contributed by atoms with E-state index in [1.165, 1.54) is 21.3 Å². The van der Waals surface area contributed by atoms with E-state index in [1.54, 1.807) is 24.7 Å². The number of anilines is 1. The van der Waals surface area contributed by atoms with Crippen molar-refractivity contribution in [1.82, 2.24) is 14.3 Å². The maximum absolute atomic E-state index is 13.0. The lowest BCUT2D eigenvalue weighted by Crippen LogP contribution is -2.32. The van der Waals surface area contributed by atoms with E-state index in [2.05, 4.69) is 5.32 Å². The Kier molecular flexibility index (Phi) is 6.85. The van der Waals surface area contributed by atoms with Crippen molar-refractivity contribution in [1.29, 1.82) is 0 Å². The molecule has 2 heterocycles. The summed E-state index contributed by atoms with van der Waals surface area (Å²) in [6, 6.07) is 17.1. The molecule has 34 heavy (non-hydrogen) atoms. The Hall–Kier alpha value is -3.43. The first-order valence-electron chi connectivity index (χ1n) is 10.7. The van der Waals surface area contributed by atoms with Crippen LogP contribution in [0.4, 0.5) is 5.69 Å². The molecule has 2 aromatic carbocycles. The third kappa shape index (κ3) is 4.76. The van der Waals surface area contributed by atoms with Gasteiger partial charge in [-0.2, -0.15) is 0 Å². The molecule has 2 amide bonds. The molecule has 1 N–H and O–H groups in total. The number of amides is 2. The molecule has 174 valence electrons. The number of aryl methyl sites for hydroxylation is 1. The lowest BCUT2D eigenvalue weighted by atomic mass is 10.1. The first-order valence-corrected chi connectivity index (χ1v) is 11.9. The number of benzene rings is 2. The fourth-order valence-corrected chi connectivity index (χ4v) is 4.94. The number of para-hydroxylation sites is 1. The van der Waals surface area contributed by atoms with Crippen LogP contribution in [0.1, 0.15) is 23.2 Å². The minimum absolute atomic E-state index is 0.0172. The molecule has 0 aliphatic carbocycles. The average molecular weight is 493 g/mol. The molecule has 1 aromatic heterocycles. The quantitative estimate of drug-likeness (QED) is 0.416. The van der Waals surface area contributed by atoms with Crippen LogP contribution in [-0.2, 0) is 16.6 Å². The first-order chi connectivity index (χ1) is 16.3. The number of nitrogens with one attached hydrogen (secondary N) is 1. The Morgan fingerprint density at radius 1 is 1.06 bits per heavy atom. The number of aromatic nitrogens is 2. The monoisotopic (exact) mass is 492 g/mol. The van der Waals surface area contributed by atoms with E-state index in [1.807, 2.05) is 61.5 Å². The first kappa shape index (κ1) is 23.7. The molecular weight excluding hydrogens is 468 g/mol. The fraction of sp³-hybridized carbons (Fsp3) is 0.200. The number of thioether (sulfide) groups is 1. The Morgan fingerprint density at radius 2 is 1.74 bits per heavy atom. The van der Waals surface area contributed by atoms with E-state index in [0.29, 0.717) is 20.6 Å². The number of hydrogen-bond donors (Lipinski definition) is 1. The Balaban J connectivity index is 1.44. The van der Waals surface area contributed by atoms with Gasteiger partial charge in [-0.1, -0.05) is 72.0 Å². The Labute approximate surface area is 207 Å². The number of rotatable bonds is 6. The van der Waals surface area contributed by atoms with Gasteiger partial charge in [0.2, 0.25) is 5.91 Å². The Bertz CT molecular complexity index is 1360. The van der Waals surface area contributed by atoms with Crippen LogP contribution >= 0.6 is 24.0 Å². The molecule has 1 aliphatic heterocycles. The maximum atomic E-state index is 13.0. The molecule has 1 saturated heterocycles. The van der Waals surface area contributed by atoms with Crippen LogP contribution in [0.5, 0.6) is 0 Å². The highest BCUT2D eigenvalue weighted by atomic mass is 32.2. The molecule has 3 aromatic rings. The normalized spacial score (nSPS) is 14.8. The van der Waals surface area contributed by atoms with E-state index in [-0.39, 0.29) is 36.0 Å². The minimum atomic E-state index is -0.359. The van der Waals surface area contributed by atoms with Gasteiger partial charge in [0.1, 0.15) is 10.0 Å². The lowest BCUT2D eigenvalue weighted by molar-refractivity contribution is -0.122. The number of carbonyl (C=O) groups excluding carboxylic acids is 2. The van der Waals surface area contributed by atoms with Crippen molar-refractivity contribution in [2.45, 2.75) is 20.3 Å². The van der Waals surface area contributed by atoms with Crippen molar-refractivity contribution in [3.05, 3.63) is 86.7 Å². The second kappa shape index (κ2) is 9.82. The third-order valence-electron chi connectivity index (χ3n) is 5.63. The summed E-state index contributed by atoms with van der Waals surface area (Å²) in [5.41, 5.74) is 3.30. The molecule has 0 bridgehead atoms. The second-order valence-corrected chi connectivity index (χ2v) is 9.65. The SMILES string of the molecule is Cc1ccc(/C=C2/SC(=S)N(CCC(=O)Nc3c(C)n(C)n(-c4ccccc4)c3=O)C2=O)cc1. The molecule has 0 spiro atoms. The van der Waals surface area contributed by atoms with Crippen LogP contribution in [0.3, 0.4) is 0 Å². The fourth-order valence-electron chi connectivity index (χ4n) is 3.63. The van der Waals surface area contributed by atoms with Crippen LogP contribution < -0.4 is 10.9 Å². The molecule has 0 unspecified atom stereocenters. The topological polar surface area (TPSA) is 76.3 Å². The highest BCUT2D eigenvalue weighted by Crippen LogP contribution is 2.32. The van der Waals surface area contributed by atoms with Crippen LogP contribution in [0.25, 0.3) is 11.8 Å². The number of hydrogen-bond acceptors (Lipinski definition) is 5. The maximum Gasteiger partial charge on any atom is 0.295 e. The van der Waals surface area contributed by atoms with Crippen molar-refractivity contribution < 1.29 is 9.59 Å². The molecule has 4 rings (SSSR count). The largest absolute Gasteiger partial charge is 0.320 e. The molecular formula is C25H24N4O3S2. The predicted octanol–water partition coefficient (Wildman–Crippen LogP) is 4.02. The number of carbonyl (C=O) groups is 2. The van der Waals surface area contributed by atoms with Crippen molar-refractivity contribution in [2.75, 3.05) is 11.9 Å². The highest BCUT2D eigenvalue weighted by Gasteiger charge is 2.32. The van der Waals surface area contributed by atoms with E-state index in [4.69, 9.17) is 12.2 Å². The standard InChI is InChI=1S/C25H24N4O3S2/c1-16-9-11-18(12-10-16)15-20-23(31)28(25(33)34-20)14-13-21(30)26-22-17(2)27(3)29(24(22)32)19-7-5-4-6-8-19/h4-12,15H,13-14H2,1-3H3,(H,26,30)/b20-15+. The molecule has 1 fully saturated rings. The summed E-state index contributed by atoms with van der Waals surface area (Å²) >= 11 is 6.59. The van der Waals surface area contributed by atoms with Crippen LogP contribution in [0, 0.1) is 13.8 Å². The van der Waals surface area contributed by atoms with Gasteiger partial charge in [-0.05, 0) is 37.6 Å². The summed E-state index contributed by atoms with van der Waals surface area (Å²) in [5, 5.41) is 2.72. The zero-order valence-corrected chi connectivity index (χ0v) is 20.7. The highest BCUT2D eigenvalue weighted by molar-refractivity contribution is 8.26. The second-order valence-electron chi connectivity index (χ2n) is 7.98. The molecule has 0 atom stereocenters. The minimum Gasteiger partial charge on any atom is -0.320 e. The van der Waals surface area contributed by atoms with Gasteiger partial charge < -0.3 is 5.32 Å². The van der Waals surface area contributed by atoms with E-state index >= 15 is 0 Å². The summed E-state index contributed by atoms with van der Waals surface area (Å²) in [4.78, 5) is 40.4. The number of nitrogens with zero attached hydrogens (tertiary/aromatic N) is 3. The van der Waals surface area contributed by atoms with Gasteiger partial charge in [0.05, 0.1) is 16.3 Å². The zero-order valence-electron chi connectivity index (χ0n) is 19.1. The predicted molar refractivity (Wildman–Crippen MR) is 140 cm³/mol. The number of thiocarbonyl (C=S) groups is 1. The summed E-state index contributed by atoms with van der Waals surface area (Å²) in [7, 11) is 1.76. The summed E-state index contributed by atoms with van der Waals surface area (Å²) in [5.74, 6) is -0.576. The Morgan fingerprint density at radius 3 is 2.41 bits per heavy atom. The van der Waals surface area contributed by atoms with Gasteiger partial charge >= 0.3 is 0 Å². The van der Waals surface area contributed by atoms with E-state index in [9.17, 15) is 14.4 Å². The van der Waals surface area contributed by atoms with Crippen LogP contribution in [-0.4, -0.2) is 36.9 Å². The van der Waals surface area contributed by atoms with Crippen LogP contribution in [0.2, 0.25) is 0 Å². The van der Waals surface area contributed by atoms with Crippen molar-refractivity contribution in [2.24, 2.45) is 7.05 Å². The van der Waals surface area contributed by atoms with Gasteiger partial charge in [0, 0.05) is 20.0 Å². The van der Waals surface area contributed by atoms with Crippen molar-refractivity contribution >= 4 is 51.9 Å². The van der Waals surface area contributed by atoms with Gasteiger partial charge in [0.15, 0.2) is 0 Å². The molecule has 9 heteroatoms. The lowest BCUT2D eigenvalue weighted by Gasteiger charge is -2.13. The zero-order chi connectivity index (χ0) is 24.4. The van der Waals surface area contributed by atoms with E-state index in [0.717, 1.165) is 11.1 Å². The molecule has 7 nitrogen and oxygen atoms in total.